The molecule has 0 amide bonds. The van der Waals surface area contributed by atoms with E-state index in [-0.39, 0.29) is 5.78 Å². The third-order valence-electron chi connectivity index (χ3n) is 3.44. The number of aryl methyl sites for hydroxylation is 1. The Kier molecular flexibility index (Phi) is 4.48. The lowest BCUT2D eigenvalue weighted by molar-refractivity contribution is 0.103. The molecular formula is C17H19NO3. The number of nitrogens with two attached hydrogens (primary N) is 1. The van der Waals surface area contributed by atoms with E-state index in [0.717, 1.165) is 6.42 Å². The first-order chi connectivity index (χ1) is 10.1. The van der Waals surface area contributed by atoms with Crippen LogP contribution in [0.1, 0.15) is 28.4 Å². The minimum atomic E-state index is -0.146. The fourth-order valence-electron chi connectivity index (χ4n) is 2.12. The molecule has 0 heterocycles. The number of hydrogen-bond donors (Lipinski definition) is 1. The van der Waals surface area contributed by atoms with E-state index in [9.17, 15) is 4.79 Å². The van der Waals surface area contributed by atoms with Crippen LogP contribution in [-0.2, 0) is 6.42 Å². The summed E-state index contributed by atoms with van der Waals surface area (Å²) in [6, 6.07) is 10.8. The smallest absolute Gasteiger partial charge is 0.195 e. The molecule has 0 saturated heterocycles. The van der Waals surface area contributed by atoms with Gasteiger partial charge >= 0.3 is 0 Å². The normalized spacial score (nSPS) is 10.2. The van der Waals surface area contributed by atoms with E-state index in [1.807, 2.05) is 24.3 Å². The number of methoxy groups -OCH3 is 2. The third-order valence-corrected chi connectivity index (χ3v) is 3.44. The van der Waals surface area contributed by atoms with E-state index >= 15 is 0 Å². The topological polar surface area (TPSA) is 61.5 Å². The number of ketones is 1. The van der Waals surface area contributed by atoms with Crippen molar-refractivity contribution in [3.05, 3.63) is 53.1 Å². The predicted octanol–water partition coefficient (Wildman–Crippen LogP) is 3.08. The molecule has 0 atom stereocenters. The third kappa shape index (κ3) is 2.99. The van der Waals surface area contributed by atoms with Crippen LogP contribution in [0, 0.1) is 0 Å². The Morgan fingerprint density at radius 2 is 1.76 bits per heavy atom. The van der Waals surface area contributed by atoms with Gasteiger partial charge in [-0.25, -0.2) is 0 Å². The van der Waals surface area contributed by atoms with Crippen LogP contribution in [0.2, 0.25) is 0 Å². The van der Waals surface area contributed by atoms with E-state index in [1.54, 1.807) is 12.1 Å². The molecule has 0 fully saturated rings. The molecule has 4 heteroatoms. The van der Waals surface area contributed by atoms with Gasteiger partial charge in [0.25, 0.3) is 0 Å². The highest BCUT2D eigenvalue weighted by Gasteiger charge is 2.17. The van der Waals surface area contributed by atoms with Crippen molar-refractivity contribution in [3.63, 3.8) is 0 Å². The Hall–Kier alpha value is -2.49. The van der Waals surface area contributed by atoms with Crippen LogP contribution >= 0.6 is 0 Å². The Morgan fingerprint density at radius 3 is 2.29 bits per heavy atom. The zero-order valence-corrected chi connectivity index (χ0v) is 12.5. The average molecular weight is 285 g/mol. The van der Waals surface area contributed by atoms with Crippen molar-refractivity contribution in [3.8, 4) is 11.5 Å². The first kappa shape index (κ1) is 14.9. The van der Waals surface area contributed by atoms with E-state index in [0.29, 0.717) is 28.3 Å². The highest BCUT2D eigenvalue weighted by molar-refractivity contribution is 6.13. The van der Waals surface area contributed by atoms with Crippen molar-refractivity contribution < 1.29 is 14.3 Å². The zero-order chi connectivity index (χ0) is 15.4. The Labute approximate surface area is 124 Å². The van der Waals surface area contributed by atoms with Crippen LogP contribution in [0.15, 0.2) is 36.4 Å². The Morgan fingerprint density at radius 1 is 1.10 bits per heavy atom. The van der Waals surface area contributed by atoms with E-state index in [4.69, 9.17) is 15.2 Å². The number of nitrogen functional groups attached to an aromatic ring is 1. The maximum Gasteiger partial charge on any atom is 0.195 e. The highest BCUT2D eigenvalue weighted by Crippen LogP contribution is 2.32. The number of benzene rings is 2. The lowest BCUT2D eigenvalue weighted by Gasteiger charge is -2.12. The molecule has 0 aliphatic heterocycles. The monoisotopic (exact) mass is 285 g/mol. The van der Waals surface area contributed by atoms with Crippen LogP contribution in [0.4, 0.5) is 5.69 Å². The maximum atomic E-state index is 12.6. The quantitative estimate of drug-likeness (QED) is 0.677. The van der Waals surface area contributed by atoms with Gasteiger partial charge in [0.1, 0.15) is 11.5 Å². The van der Waals surface area contributed by atoms with Gasteiger partial charge in [0, 0.05) is 11.6 Å². The average Bonchev–Trinajstić information content (AvgIpc) is 2.54. The molecule has 0 saturated carbocycles. The molecule has 2 rings (SSSR count). The summed E-state index contributed by atoms with van der Waals surface area (Å²) in [4.78, 5) is 12.6. The van der Waals surface area contributed by atoms with Crippen molar-refractivity contribution in [2.24, 2.45) is 0 Å². The SMILES string of the molecule is CCc1ccc(C(=O)c2cc(OC)cc(OC)c2N)cc1. The largest absolute Gasteiger partial charge is 0.497 e. The summed E-state index contributed by atoms with van der Waals surface area (Å²) in [5.74, 6) is 0.824. The fraction of sp³-hybridized carbons (Fsp3) is 0.235. The van der Waals surface area contributed by atoms with Gasteiger partial charge in [-0.15, -0.1) is 0 Å². The molecule has 0 aliphatic rings. The first-order valence-electron chi connectivity index (χ1n) is 6.75. The van der Waals surface area contributed by atoms with Crippen LogP contribution < -0.4 is 15.2 Å². The van der Waals surface area contributed by atoms with Crippen molar-refractivity contribution in [1.29, 1.82) is 0 Å². The van der Waals surface area contributed by atoms with Gasteiger partial charge in [-0.05, 0) is 18.1 Å². The summed E-state index contributed by atoms with van der Waals surface area (Å²) >= 11 is 0. The van der Waals surface area contributed by atoms with Gasteiger partial charge in [-0.3, -0.25) is 4.79 Å². The number of hydrogen-bond acceptors (Lipinski definition) is 4. The van der Waals surface area contributed by atoms with E-state index < -0.39 is 0 Å². The van der Waals surface area contributed by atoms with Crippen molar-refractivity contribution in [1.82, 2.24) is 0 Å². The zero-order valence-electron chi connectivity index (χ0n) is 12.5. The maximum absolute atomic E-state index is 12.6. The molecule has 2 aromatic carbocycles. The van der Waals surface area contributed by atoms with Crippen LogP contribution in [0.3, 0.4) is 0 Å². The molecular weight excluding hydrogens is 266 g/mol. The second kappa shape index (κ2) is 6.31. The molecule has 110 valence electrons. The minimum absolute atomic E-state index is 0.146. The summed E-state index contributed by atoms with van der Waals surface area (Å²) in [6.45, 7) is 2.07. The molecule has 2 aromatic rings. The molecule has 0 radical (unpaired) electrons. The van der Waals surface area contributed by atoms with Gasteiger partial charge in [0.05, 0.1) is 25.5 Å². The lowest BCUT2D eigenvalue weighted by atomic mass is 9.99. The number of carbonyl (C=O) groups is 1. The minimum Gasteiger partial charge on any atom is -0.497 e. The van der Waals surface area contributed by atoms with E-state index in [1.165, 1.54) is 19.8 Å². The second-order valence-electron chi connectivity index (χ2n) is 4.67. The lowest BCUT2D eigenvalue weighted by Crippen LogP contribution is -2.07. The molecule has 0 unspecified atom stereocenters. The van der Waals surface area contributed by atoms with Gasteiger partial charge in [0.15, 0.2) is 5.78 Å². The van der Waals surface area contributed by atoms with Crippen LogP contribution in [0.5, 0.6) is 11.5 Å². The molecule has 0 aromatic heterocycles. The molecule has 0 aliphatic carbocycles. The summed E-state index contributed by atoms with van der Waals surface area (Å²) in [5, 5.41) is 0. The second-order valence-corrected chi connectivity index (χ2v) is 4.67. The number of carbonyl (C=O) groups excluding carboxylic acids is 1. The van der Waals surface area contributed by atoms with Crippen molar-refractivity contribution in [2.75, 3.05) is 20.0 Å². The molecule has 21 heavy (non-hydrogen) atoms. The molecule has 4 nitrogen and oxygen atoms in total. The number of anilines is 1. The summed E-state index contributed by atoms with van der Waals surface area (Å²) in [7, 11) is 3.05. The summed E-state index contributed by atoms with van der Waals surface area (Å²) in [6.07, 6.45) is 0.934. The standard InChI is InChI=1S/C17H19NO3/c1-4-11-5-7-12(8-6-11)17(19)14-9-13(20-2)10-15(21-3)16(14)18/h5-10H,4,18H2,1-3H3. The van der Waals surface area contributed by atoms with Crippen molar-refractivity contribution >= 4 is 11.5 Å². The van der Waals surface area contributed by atoms with Crippen LogP contribution in [0.25, 0.3) is 0 Å². The highest BCUT2D eigenvalue weighted by atomic mass is 16.5. The summed E-state index contributed by atoms with van der Waals surface area (Å²) < 4.78 is 10.4. The molecule has 0 spiro atoms. The van der Waals surface area contributed by atoms with E-state index in [2.05, 4.69) is 6.92 Å². The molecule has 0 bridgehead atoms. The van der Waals surface area contributed by atoms with Gasteiger partial charge in [0.2, 0.25) is 0 Å². The fourth-order valence-corrected chi connectivity index (χ4v) is 2.12. The summed E-state index contributed by atoms with van der Waals surface area (Å²) in [5.41, 5.74) is 8.49. The first-order valence-corrected chi connectivity index (χ1v) is 6.75. The van der Waals surface area contributed by atoms with Crippen LogP contribution in [-0.4, -0.2) is 20.0 Å². The molecule has 2 N–H and O–H groups in total. The van der Waals surface area contributed by atoms with Gasteiger partial charge in [-0.2, -0.15) is 0 Å². The predicted molar refractivity (Wildman–Crippen MR) is 83.2 cm³/mol. The number of rotatable bonds is 5. The Balaban J connectivity index is 2.46. The van der Waals surface area contributed by atoms with Gasteiger partial charge < -0.3 is 15.2 Å². The number of ether oxygens (including phenoxy) is 2. The van der Waals surface area contributed by atoms with Gasteiger partial charge in [-0.1, -0.05) is 31.2 Å². The Bertz CT molecular complexity index is 648. The van der Waals surface area contributed by atoms with Crippen molar-refractivity contribution in [2.45, 2.75) is 13.3 Å².